The average Bonchev–Trinajstić information content (AvgIpc) is 2.99. The Morgan fingerprint density at radius 2 is 1.88 bits per heavy atom. The summed E-state index contributed by atoms with van der Waals surface area (Å²) >= 11 is 0. The number of carbonyl (C=O) groups is 2. The number of rotatable bonds is 9. The lowest BCUT2D eigenvalue weighted by molar-refractivity contribution is -0.137. The number of carboxylic acids is 1. The van der Waals surface area contributed by atoms with Gasteiger partial charge in [-0.1, -0.05) is 44.5 Å². The predicted molar refractivity (Wildman–Crippen MR) is 132 cm³/mol. The van der Waals surface area contributed by atoms with E-state index in [1.54, 1.807) is 12.3 Å². The van der Waals surface area contributed by atoms with Crippen molar-refractivity contribution in [2.75, 3.05) is 18.5 Å². The smallest absolute Gasteiger partial charge is 0.303 e. The van der Waals surface area contributed by atoms with Crippen LogP contribution in [0.5, 0.6) is 0 Å². The minimum atomic E-state index is -0.783. The van der Waals surface area contributed by atoms with Crippen LogP contribution in [0.3, 0.4) is 0 Å². The molecule has 1 aliphatic rings. The van der Waals surface area contributed by atoms with E-state index < -0.39 is 5.97 Å². The van der Waals surface area contributed by atoms with Gasteiger partial charge in [0.25, 0.3) is 5.91 Å². The van der Waals surface area contributed by atoms with Gasteiger partial charge < -0.3 is 15.3 Å². The van der Waals surface area contributed by atoms with Crippen molar-refractivity contribution in [2.24, 2.45) is 0 Å². The van der Waals surface area contributed by atoms with E-state index in [9.17, 15) is 9.59 Å². The van der Waals surface area contributed by atoms with Gasteiger partial charge in [-0.25, -0.2) is 0 Å². The third kappa shape index (κ3) is 5.69. The van der Waals surface area contributed by atoms with E-state index in [0.29, 0.717) is 18.5 Å². The first-order chi connectivity index (χ1) is 15.7. The third-order valence-corrected chi connectivity index (χ3v) is 6.21. The molecule has 0 saturated heterocycles. The Hall–Kier alpha value is -3.41. The van der Waals surface area contributed by atoms with Gasteiger partial charge in [0.1, 0.15) is 0 Å². The first-order valence-corrected chi connectivity index (χ1v) is 11.4. The Bertz CT molecular complexity index is 1070. The molecule has 33 heavy (non-hydrogen) atoms. The van der Waals surface area contributed by atoms with Crippen molar-refractivity contribution in [3.63, 3.8) is 0 Å². The SMILES string of the molecule is CC(=CC=C1N(C)c2ccccc2C1(C)C)c1ccc(C(=O)NCCCCCC(=O)O)cn1. The summed E-state index contributed by atoms with van der Waals surface area (Å²) < 4.78 is 0. The number of para-hydroxylation sites is 1. The normalized spacial score (nSPS) is 16.1. The first-order valence-electron chi connectivity index (χ1n) is 11.4. The number of carboxylic acid groups (broad SMARTS) is 1. The number of amides is 1. The zero-order valence-corrected chi connectivity index (χ0v) is 19.9. The van der Waals surface area contributed by atoms with Crippen LogP contribution in [0.4, 0.5) is 5.69 Å². The number of allylic oxidation sites excluding steroid dienone is 4. The highest BCUT2D eigenvalue weighted by Gasteiger charge is 2.37. The molecule has 6 heteroatoms. The standard InChI is InChI=1S/C27H33N3O3/c1-19(13-16-24-27(2,3)21-10-7-8-11-23(21)30(24)4)22-15-14-20(18-29-22)26(33)28-17-9-5-6-12-25(31)32/h7-8,10-11,13-16,18H,5-6,9,12,17H2,1-4H3,(H,28,33)(H,31,32). The highest BCUT2D eigenvalue weighted by atomic mass is 16.4. The van der Waals surface area contributed by atoms with Crippen molar-refractivity contribution in [3.05, 3.63) is 77.3 Å². The number of fused-ring (bicyclic) bond motifs is 1. The summed E-state index contributed by atoms with van der Waals surface area (Å²) in [4.78, 5) is 29.5. The maximum absolute atomic E-state index is 12.3. The molecule has 2 N–H and O–H groups in total. The molecule has 3 rings (SSSR count). The maximum atomic E-state index is 12.3. The van der Waals surface area contributed by atoms with Gasteiger partial charge >= 0.3 is 5.97 Å². The quantitative estimate of drug-likeness (QED) is 0.518. The molecular weight excluding hydrogens is 414 g/mol. The largest absolute Gasteiger partial charge is 0.481 e. The second-order valence-corrected chi connectivity index (χ2v) is 9.00. The van der Waals surface area contributed by atoms with Crippen LogP contribution in [-0.4, -0.2) is 35.6 Å². The lowest BCUT2D eigenvalue weighted by Crippen LogP contribution is -2.24. The summed E-state index contributed by atoms with van der Waals surface area (Å²) in [6, 6.07) is 12.1. The number of benzene rings is 1. The van der Waals surface area contributed by atoms with Gasteiger partial charge in [0.2, 0.25) is 0 Å². The fourth-order valence-corrected chi connectivity index (χ4v) is 4.23. The lowest BCUT2D eigenvalue weighted by atomic mass is 9.83. The van der Waals surface area contributed by atoms with Crippen LogP contribution < -0.4 is 10.2 Å². The monoisotopic (exact) mass is 447 g/mol. The molecule has 0 atom stereocenters. The number of pyridine rings is 1. The van der Waals surface area contributed by atoms with Crippen LogP contribution in [0.1, 0.15) is 68.1 Å². The Morgan fingerprint density at radius 3 is 2.55 bits per heavy atom. The van der Waals surface area contributed by atoms with Crippen molar-refractivity contribution >= 4 is 23.1 Å². The molecule has 174 valence electrons. The predicted octanol–water partition coefficient (Wildman–Crippen LogP) is 5.17. The number of anilines is 1. The van der Waals surface area contributed by atoms with Crippen molar-refractivity contribution in [1.82, 2.24) is 10.3 Å². The van der Waals surface area contributed by atoms with E-state index in [-0.39, 0.29) is 17.7 Å². The molecule has 0 unspecified atom stereocenters. The molecule has 0 aliphatic carbocycles. The first kappa shape index (κ1) is 24.2. The Morgan fingerprint density at radius 1 is 1.12 bits per heavy atom. The molecule has 1 aromatic heterocycles. The third-order valence-electron chi connectivity index (χ3n) is 6.21. The molecule has 6 nitrogen and oxygen atoms in total. The number of hydrogen-bond acceptors (Lipinski definition) is 4. The topological polar surface area (TPSA) is 82.5 Å². The van der Waals surface area contributed by atoms with Crippen molar-refractivity contribution in [1.29, 1.82) is 0 Å². The zero-order valence-electron chi connectivity index (χ0n) is 19.9. The molecule has 2 aromatic rings. The summed E-state index contributed by atoms with van der Waals surface area (Å²) in [7, 11) is 2.10. The Kier molecular flexibility index (Phi) is 7.69. The molecule has 1 aromatic carbocycles. The van der Waals surface area contributed by atoms with Gasteiger partial charge in [-0.05, 0) is 55.2 Å². The fraction of sp³-hybridized carbons (Fsp3) is 0.370. The van der Waals surface area contributed by atoms with E-state index in [1.807, 2.05) is 13.0 Å². The van der Waals surface area contributed by atoms with Crippen LogP contribution in [0, 0.1) is 0 Å². The molecule has 1 amide bonds. The average molecular weight is 448 g/mol. The van der Waals surface area contributed by atoms with Gasteiger partial charge in [0.15, 0.2) is 0 Å². The molecule has 2 heterocycles. The molecule has 0 bridgehead atoms. The van der Waals surface area contributed by atoms with Gasteiger partial charge in [-0.3, -0.25) is 14.6 Å². The van der Waals surface area contributed by atoms with E-state index in [4.69, 9.17) is 5.11 Å². The van der Waals surface area contributed by atoms with Crippen molar-refractivity contribution < 1.29 is 14.7 Å². The maximum Gasteiger partial charge on any atom is 0.303 e. The number of likely N-dealkylation sites (N-methyl/N-ethyl adjacent to an activating group) is 1. The second kappa shape index (κ2) is 10.5. The lowest BCUT2D eigenvalue weighted by Gasteiger charge is -2.23. The van der Waals surface area contributed by atoms with Gasteiger partial charge in [-0.2, -0.15) is 0 Å². The van der Waals surface area contributed by atoms with Crippen LogP contribution in [0.15, 0.2) is 60.4 Å². The summed E-state index contributed by atoms with van der Waals surface area (Å²) in [5.74, 6) is -0.946. The summed E-state index contributed by atoms with van der Waals surface area (Å²) in [6.45, 7) is 7.02. The number of unbranched alkanes of at least 4 members (excludes halogenated alkanes) is 2. The van der Waals surface area contributed by atoms with Gasteiger partial charge in [0, 0.05) is 43.0 Å². The Labute approximate surface area is 196 Å². The van der Waals surface area contributed by atoms with E-state index in [1.165, 1.54) is 16.9 Å². The minimum absolute atomic E-state index is 0.0783. The molecule has 0 fully saturated rings. The highest BCUT2D eigenvalue weighted by molar-refractivity contribution is 5.94. The summed E-state index contributed by atoms with van der Waals surface area (Å²) in [5.41, 5.74) is 6.06. The number of aromatic nitrogens is 1. The number of hydrogen-bond donors (Lipinski definition) is 2. The van der Waals surface area contributed by atoms with Gasteiger partial charge in [-0.15, -0.1) is 0 Å². The highest BCUT2D eigenvalue weighted by Crippen LogP contribution is 2.46. The molecular formula is C27H33N3O3. The molecule has 0 radical (unpaired) electrons. The Balaban J connectivity index is 1.61. The van der Waals surface area contributed by atoms with Crippen LogP contribution in [-0.2, 0) is 10.2 Å². The van der Waals surface area contributed by atoms with E-state index >= 15 is 0 Å². The number of carbonyl (C=O) groups excluding carboxylic acids is 1. The summed E-state index contributed by atoms with van der Waals surface area (Å²) in [6.07, 6.45) is 8.17. The summed E-state index contributed by atoms with van der Waals surface area (Å²) in [5, 5.41) is 11.5. The number of nitrogens with one attached hydrogen (secondary N) is 1. The zero-order chi connectivity index (χ0) is 24.0. The van der Waals surface area contributed by atoms with Crippen LogP contribution in [0.25, 0.3) is 5.57 Å². The van der Waals surface area contributed by atoms with Gasteiger partial charge in [0.05, 0.1) is 11.3 Å². The van der Waals surface area contributed by atoms with Crippen LogP contribution in [0.2, 0.25) is 0 Å². The second-order valence-electron chi connectivity index (χ2n) is 9.00. The van der Waals surface area contributed by atoms with Crippen molar-refractivity contribution in [3.8, 4) is 0 Å². The van der Waals surface area contributed by atoms with Crippen LogP contribution >= 0.6 is 0 Å². The van der Waals surface area contributed by atoms with E-state index in [2.05, 4.69) is 72.5 Å². The molecule has 0 saturated carbocycles. The van der Waals surface area contributed by atoms with E-state index in [0.717, 1.165) is 24.1 Å². The minimum Gasteiger partial charge on any atom is -0.481 e. The number of aliphatic carboxylic acids is 1. The number of nitrogens with zero attached hydrogens (tertiary/aromatic N) is 2. The fourth-order valence-electron chi connectivity index (χ4n) is 4.23. The van der Waals surface area contributed by atoms with Crippen molar-refractivity contribution in [2.45, 2.75) is 51.9 Å². The molecule has 1 aliphatic heterocycles. The molecule has 0 spiro atoms.